The second kappa shape index (κ2) is 8.04. The van der Waals surface area contributed by atoms with E-state index in [0.29, 0.717) is 10.8 Å². The van der Waals surface area contributed by atoms with Gasteiger partial charge in [-0.25, -0.2) is 4.39 Å². The van der Waals surface area contributed by atoms with E-state index in [2.05, 4.69) is 19.2 Å². The molecule has 0 bridgehead atoms. The molecule has 0 amide bonds. The maximum absolute atomic E-state index is 13.4. The first-order chi connectivity index (χ1) is 10.2. The topological polar surface area (TPSA) is 29.1 Å². The van der Waals surface area contributed by atoms with Crippen molar-refractivity contribution in [2.75, 3.05) is 6.54 Å². The molecule has 21 heavy (non-hydrogen) atoms. The van der Waals surface area contributed by atoms with Gasteiger partial charge in [0.05, 0.1) is 16.0 Å². The van der Waals surface area contributed by atoms with Crippen molar-refractivity contribution in [3.63, 3.8) is 0 Å². The molecule has 0 saturated heterocycles. The van der Waals surface area contributed by atoms with Crippen molar-refractivity contribution in [2.45, 2.75) is 62.1 Å². The first kappa shape index (κ1) is 16.6. The van der Waals surface area contributed by atoms with Crippen LogP contribution in [0.2, 0.25) is 0 Å². The third kappa shape index (κ3) is 4.36. The van der Waals surface area contributed by atoms with Crippen molar-refractivity contribution in [3.05, 3.63) is 30.1 Å². The Morgan fingerprint density at radius 3 is 2.81 bits per heavy atom. The predicted octanol–water partition coefficient (Wildman–Crippen LogP) is 3.88. The molecule has 1 aliphatic carbocycles. The monoisotopic (exact) mass is 311 g/mol. The van der Waals surface area contributed by atoms with E-state index in [0.717, 1.165) is 32.2 Å². The Balaban J connectivity index is 2.15. The summed E-state index contributed by atoms with van der Waals surface area (Å²) in [6.45, 7) is 5.30. The van der Waals surface area contributed by atoms with E-state index >= 15 is 0 Å². The molecule has 1 aromatic carbocycles. The highest BCUT2D eigenvalue weighted by Crippen LogP contribution is 2.32. The Hall–Kier alpha value is -0.740. The van der Waals surface area contributed by atoms with Crippen molar-refractivity contribution in [1.29, 1.82) is 0 Å². The van der Waals surface area contributed by atoms with Crippen LogP contribution in [0.25, 0.3) is 0 Å². The number of halogens is 1. The normalized spacial score (nSPS) is 27.5. The van der Waals surface area contributed by atoms with Gasteiger partial charge in [0.25, 0.3) is 0 Å². The lowest BCUT2D eigenvalue weighted by Crippen LogP contribution is -2.46. The van der Waals surface area contributed by atoms with Crippen LogP contribution in [0.1, 0.15) is 46.0 Å². The third-order valence-corrected chi connectivity index (χ3v) is 6.23. The fourth-order valence-electron chi connectivity index (χ4n) is 3.15. The fourth-order valence-corrected chi connectivity index (χ4v) is 4.92. The van der Waals surface area contributed by atoms with Gasteiger partial charge in [-0.2, -0.15) is 0 Å². The van der Waals surface area contributed by atoms with Gasteiger partial charge in [-0.15, -0.1) is 0 Å². The van der Waals surface area contributed by atoms with Gasteiger partial charge >= 0.3 is 0 Å². The van der Waals surface area contributed by atoms with E-state index in [-0.39, 0.29) is 17.1 Å². The molecule has 4 atom stereocenters. The van der Waals surface area contributed by atoms with E-state index < -0.39 is 10.8 Å². The fraction of sp³-hybridized carbons (Fsp3) is 0.647. The number of hydrogen-bond acceptors (Lipinski definition) is 2. The molecule has 1 aliphatic rings. The van der Waals surface area contributed by atoms with Crippen LogP contribution in [-0.4, -0.2) is 22.0 Å². The largest absolute Gasteiger partial charge is 0.313 e. The molecule has 0 heterocycles. The highest BCUT2D eigenvalue weighted by molar-refractivity contribution is 7.85. The molecule has 1 fully saturated rings. The summed E-state index contributed by atoms with van der Waals surface area (Å²) in [5.74, 6) is 0.342. The smallest absolute Gasteiger partial charge is 0.124 e. The summed E-state index contributed by atoms with van der Waals surface area (Å²) in [6, 6.07) is 6.55. The first-order valence-electron chi connectivity index (χ1n) is 8.05. The van der Waals surface area contributed by atoms with Crippen LogP contribution in [0.5, 0.6) is 0 Å². The summed E-state index contributed by atoms with van der Waals surface area (Å²) in [5.41, 5.74) is 0. The standard InChI is InChI=1S/C17H26FNOS/c1-3-10-19-16-9-8-13(4-2)11-17(16)21(20)15-7-5-6-14(18)12-15/h5-7,12-13,16-17,19H,3-4,8-11H2,1-2H3. The molecule has 2 rings (SSSR count). The summed E-state index contributed by atoms with van der Waals surface area (Å²) >= 11 is 0. The third-order valence-electron chi connectivity index (χ3n) is 4.44. The highest BCUT2D eigenvalue weighted by atomic mass is 32.2. The lowest BCUT2D eigenvalue weighted by atomic mass is 9.84. The first-order valence-corrected chi connectivity index (χ1v) is 9.26. The van der Waals surface area contributed by atoms with Gasteiger partial charge < -0.3 is 5.32 Å². The maximum Gasteiger partial charge on any atom is 0.124 e. The zero-order valence-electron chi connectivity index (χ0n) is 13.0. The van der Waals surface area contributed by atoms with Crippen molar-refractivity contribution in [1.82, 2.24) is 5.32 Å². The van der Waals surface area contributed by atoms with E-state index in [9.17, 15) is 8.60 Å². The Labute approximate surface area is 130 Å². The van der Waals surface area contributed by atoms with E-state index in [1.54, 1.807) is 12.1 Å². The minimum atomic E-state index is -1.14. The van der Waals surface area contributed by atoms with Gasteiger partial charge in [0.2, 0.25) is 0 Å². The summed E-state index contributed by atoms with van der Waals surface area (Å²) < 4.78 is 26.3. The number of rotatable bonds is 6. The van der Waals surface area contributed by atoms with Crippen molar-refractivity contribution < 1.29 is 8.60 Å². The van der Waals surface area contributed by atoms with Crippen LogP contribution < -0.4 is 5.32 Å². The minimum absolute atomic E-state index is 0.0945. The zero-order chi connectivity index (χ0) is 15.2. The molecule has 0 aliphatic heterocycles. The molecule has 1 aromatic rings. The molecule has 118 valence electrons. The average Bonchev–Trinajstić information content (AvgIpc) is 2.52. The van der Waals surface area contributed by atoms with Crippen molar-refractivity contribution >= 4 is 10.8 Å². The van der Waals surface area contributed by atoms with Crippen molar-refractivity contribution in [3.8, 4) is 0 Å². The van der Waals surface area contributed by atoms with Gasteiger partial charge in [0.15, 0.2) is 0 Å². The van der Waals surface area contributed by atoms with Crippen LogP contribution in [0.4, 0.5) is 4.39 Å². The van der Waals surface area contributed by atoms with Gasteiger partial charge in [-0.1, -0.05) is 26.3 Å². The molecule has 4 unspecified atom stereocenters. The number of benzene rings is 1. The van der Waals surface area contributed by atoms with Gasteiger partial charge in [0.1, 0.15) is 5.82 Å². The second-order valence-corrected chi connectivity index (χ2v) is 7.61. The van der Waals surface area contributed by atoms with E-state index in [1.807, 2.05) is 0 Å². The predicted molar refractivity (Wildman–Crippen MR) is 86.3 cm³/mol. The zero-order valence-corrected chi connectivity index (χ0v) is 13.8. The van der Waals surface area contributed by atoms with Gasteiger partial charge in [-0.05, 0) is 56.3 Å². The molecule has 0 aromatic heterocycles. The second-order valence-electron chi connectivity index (χ2n) is 5.94. The summed E-state index contributed by atoms with van der Waals surface area (Å²) in [6.07, 6.45) is 5.46. The molecule has 2 nitrogen and oxygen atoms in total. The van der Waals surface area contributed by atoms with Crippen LogP contribution >= 0.6 is 0 Å². The molecule has 1 N–H and O–H groups in total. The van der Waals surface area contributed by atoms with E-state index in [4.69, 9.17) is 0 Å². The highest BCUT2D eigenvalue weighted by Gasteiger charge is 2.34. The molecular weight excluding hydrogens is 285 g/mol. The minimum Gasteiger partial charge on any atom is -0.313 e. The summed E-state index contributed by atoms with van der Waals surface area (Å²) in [4.78, 5) is 0.625. The Kier molecular flexibility index (Phi) is 6.37. The molecular formula is C17H26FNOS. The molecule has 1 saturated carbocycles. The maximum atomic E-state index is 13.4. The van der Waals surface area contributed by atoms with Gasteiger partial charge in [-0.3, -0.25) is 4.21 Å². The SMILES string of the molecule is CCCNC1CCC(CC)CC1S(=O)c1cccc(F)c1. The lowest BCUT2D eigenvalue weighted by Gasteiger charge is -2.36. The van der Waals surface area contributed by atoms with Gasteiger partial charge in [0, 0.05) is 10.9 Å². The molecule has 0 radical (unpaired) electrons. The quantitative estimate of drug-likeness (QED) is 0.864. The summed E-state index contributed by atoms with van der Waals surface area (Å²) in [5, 5.41) is 3.64. The Morgan fingerprint density at radius 2 is 2.14 bits per heavy atom. The molecule has 0 spiro atoms. The van der Waals surface area contributed by atoms with Crippen molar-refractivity contribution in [2.24, 2.45) is 5.92 Å². The van der Waals surface area contributed by atoms with Crippen LogP contribution in [0.3, 0.4) is 0 Å². The van der Waals surface area contributed by atoms with Crippen LogP contribution in [-0.2, 0) is 10.8 Å². The lowest BCUT2D eigenvalue weighted by molar-refractivity contribution is 0.292. The Morgan fingerprint density at radius 1 is 1.33 bits per heavy atom. The van der Waals surface area contributed by atoms with Crippen LogP contribution in [0.15, 0.2) is 29.2 Å². The summed E-state index contributed by atoms with van der Waals surface area (Å²) in [7, 11) is -1.14. The molecule has 4 heteroatoms. The number of hydrogen-bond donors (Lipinski definition) is 1. The average molecular weight is 311 g/mol. The van der Waals surface area contributed by atoms with E-state index in [1.165, 1.54) is 18.6 Å². The Bertz CT molecular complexity index is 480. The number of nitrogens with one attached hydrogen (secondary N) is 1. The van der Waals surface area contributed by atoms with Crippen LogP contribution in [0, 0.1) is 11.7 Å².